The molecule has 1 unspecified atom stereocenters. The third kappa shape index (κ3) is 2.77. The van der Waals surface area contributed by atoms with E-state index in [0.717, 1.165) is 16.8 Å². The molecule has 0 saturated carbocycles. The van der Waals surface area contributed by atoms with Crippen LogP contribution in [0, 0.1) is 0 Å². The number of thiazole rings is 1. The standard InChI is InChI=1S/C22H18N2O3S/c1-2-24-16-12-11-14-7-3-4-8-15(14)20(16)28-22(24)23-21(25)19-13-26-17-9-5-6-10-18(17)27-19/h3-12,19H,2,13H2,1H3. The number of ether oxygens (including phenoxy) is 2. The van der Waals surface area contributed by atoms with Crippen molar-refractivity contribution < 1.29 is 14.3 Å². The molecule has 1 amide bonds. The molecule has 3 aromatic carbocycles. The highest BCUT2D eigenvalue weighted by Crippen LogP contribution is 2.31. The molecule has 5 nitrogen and oxygen atoms in total. The normalized spacial score (nSPS) is 16.6. The van der Waals surface area contributed by atoms with Gasteiger partial charge in [0.15, 0.2) is 16.3 Å². The van der Waals surface area contributed by atoms with Crippen LogP contribution >= 0.6 is 11.3 Å². The van der Waals surface area contributed by atoms with E-state index in [9.17, 15) is 4.79 Å². The summed E-state index contributed by atoms with van der Waals surface area (Å²) >= 11 is 1.53. The van der Waals surface area contributed by atoms with Crippen molar-refractivity contribution in [1.29, 1.82) is 0 Å². The summed E-state index contributed by atoms with van der Waals surface area (Å²) in [5.74, 6) is 0.907. The quantitative estimate of drug-likeness (QED) is 0.517. The fraction of sp³-hybridized carbons (Fsp3) is 0.182. The molecule has 0 spiro atoms. The Morgan fingerprint density at radius 1 is 1.11 bits per heavy atom. The van der Waals surface area contributed by atoms with E-state index >= 15 is 0 Å². The van der Waals surface area contributed by atoms with Gasteiger partial charge >= 0.3 is 0 Å². The molecule has 140 valence electrons. The SMILES string of the molecule is CCn1c(=NC(=O)C2COc3ccccc3O2)sc2c3ccccc3ccc21. The molecule has 1 aromatic heterocycles. The van der Waals surface area contributed by atoms with Gasteiger partial charge in [0, 0.05) is 11.9 Å². The number of carbonyl (C=O) groups is 1. The number of nitrogens with zero attached hydrogens (tertiary/aromatic N) is 2. The second-order valence-electron chi connectivity index (χ2n) is 6.58. The van der Waals surface area contributed by atoms with Gasteiger partial charge in [0.25, 0.3) is 5.91 Å². The number of aromatic nitrogens is 1. The summed E-state index contributed by atoms with van der Waals surface area (Å²) < 4.78 is 14.7. The second-order valence-corrected chi connectivity index (χ2v) is 7.56. The Hall–Kier alpha value is -3.12. The van der Waals surface area contributed by atoms with Gasteiger partial charge in [-0.2, -0.15) is 4.99 Å². The fourth-order valence-corrected chi connectivity index (χ4v) is 4.73. The van der Waals surface area contributed by atoms with Crippen molar-refractivity contribution in [2.45, 2.75) is 19.6 Å². The summed E-state index contributed by atoms with van der Waals surface area (Å²) in [5.41, 5.74) is 1.09. The average Bonchev–Trinajstić information content (AvgIpc) is 3.10. The first kappa shape index (κ1) is 17.0. The molecule has 0 fully saturated rings. The lowest BCUT2D eigenvalue weighted by Gasteiger charge is -2.23. The fourth-order valence-electron chi connectivity index (χ4n) is 3.50. The van der Waals surface area contributed by atoms with Crippen LogP contribution in [0.1, 0.15) is 6.92 Å². The highest BCUT2D eigenvalue weighted by atomic mass is 32.1. The summed E-state index contributed by atoms with van der Waals surface area (Å²) in [6, 6.07) is 19.8. The van der Waals surface area contributed by atoms with Crippen LogP contribution in [0.5, 0.6) is 11.5 Å². The van der Waals surface area contributed by atoms with E-state index in [0.29, 0.717) is 16.3 Å². The van der Waals surface area contributed by atoms with Crippen molar-refractivity contribution in [3.8, 4) is 11.5 Å². The number of rotatable bonds is 2. The van der Waals surface area contributed by atoms with Crippen LogP contribution in [0.3, 0.4) is 0 Å². The van der Waals surface area contributed by atoms with Crippen molar-refractivity contribution in [3.05, 3.63) is 65.5 Å². The first-order valence-corrected chi connectivity index (χ1v) is 10.0. The molecule has 1 atom stereocenters. The van der Waals surface area contributed by atoms with E-state index in [1.54, 1.807) is 6.07 Å². The van der Waals surface area contributed by atoms with Gasteiger partial charge in [-0.05, 0) is 30.5 Å². The predicted octanol–water partition coefficient (Wildman–Crippen LogP) is 4.14. The summed E-state index contributed by atoms with van der Waals surface area (Å²) in [5, 5.41) is 2.35. The third-order valence-electron chi connectivity index (χ3n) is 4.88. The van der Waals surface area contributed by atoms with E-state index in [4.69, 9.17) is 9.47 Å². The second kappa shape index (κ2) is 6.80. The van der Waals surface area contributed by atoms with E-state index in [2.05, 4.69) is 40.7 Å². The van der Waals surface area contributed by atoms with Crippen molar-refractivity contribution in [3.63, 3.8) is 0 Å². The molecule has 5 rings (SSSR count). The van der Waals surface area contributed by atoms with E-state index in [-0.39, 0.29) is 12.5 Å². The van der Waals surface area contributed by atoms with Gasteiger partial charge in [-0.25, -0.2) is 0 Å². The average molecular weight is 390 g/mol. The molecule has 1 aliphatic heterocycles. The minimum atomic E-state index is -0.734. The van der Waals surface area contributed by atoms with Crippen LogP contribution < -0.4 is 14.3 Å². The molecular weight excluding hydrogens is 372 g/mol. The number of hydrogen-bond acceptors (Lipinski definition) is 4. The molecule has 0 radical (unpaired) electrons. The van der Waals surface area contributed by atoms with Gasteiger partial charge < -0.3 is 14.0 Å². The zero-order valence-electron chi connectivity index (χ0n) is 15.3. The van der Waals surface area contributed by atoms with E-state index < -0.39 is 6.10 Å². The van der Waals surface area contributed by atoms with Gasteiger partial charge in [0.05, 0.1) is 10.2 Å². The molecule has 0 saturated heterocycles. The molecule has 6 heteroatoms. The van der Waals surface area contributed by atoms with Crippen LogP contribution in [0.4, 0.5) is 0 Å². The smallest absolute Gasteiger partial charge is 0.292 e. The predicted molar refractivity (Wildman–Crippen MR) is 110 cm³/mol. The Bertz CT molecular complexity index is 1270. The summed E-state index contributed by atoms with van der Waals surface area (Å²) in [6.07, 6.45) is -0.734. The lowest BCUT2D eigenvalue weighted by atomic mass is 10.1. The number of para-hydroxylation sites is 2. The summed E-state index contributed by atoms with van der Waals surface area (Å²) in [4.78, 5) is 17.9. The highest BCUT2D eigenvalue weighted by molar-refractivity contribution is 7.17. The van der Waals surface area contributed by atoms with Gasteiger partial charge in [-0.1, -0.05) is 53.8 Å². The van der Waals surface area contributed by atoms with E-state index in [1.165, 1.54) is 22.1 Å². The number of benzene rings is 3. The molecule has 4 aromatic rings. The van der Waals surface area contributed by atoms with Crippen LogP contribution in [0.25, 0.3) is 21.0 Å². The molecule has 1 aliphatic rings. The maximum absolute atomic E-state index is 12.8. The summed E-state index contributed by atoms with van der Waals surface area (Å²) in [6.45, 7) is 2.95. The van der Waals surface area contributed by atoms with Crippen molar-refractivity contribution in [2.24, 2.45) is 4.99 Å². The Balaban J connectivity index is 1.58. The first-order chi connectivity index (χ1) is 13.7. The van der Waals surface area contributed by atoms with Crippen molar-refractivity contribution in [2.75, 3.05) is 6.61 Å². The zero-order chi connectivity index (χ0) is 19.1. The van der Waals surface area contributed by atoms with Gasteiger partial charge in [0.2, 0.25) is 6.10 Å². The Morgan fingerprint density at radius 2 is 1.89 bits per heavy atom. The van der Waals surface area contributed by atoms with Gasteiger partial charge in [-0.3, -0.25) is 4.79 Å². The Kier molecular flexibility index (Phi) is 4.13. The molecular formula is C22H18N2O3S. The summed E-state index contributed by atoms with van der Waals surface area (Å²) in [7, 11) is 0. The lowest BCUT2D eigenvalue weighted by Crippen LogP contribution is -2.36. The van der Waals surface area contributed by atoms with Gasteiger partial charge in [-0.15, -0.1) is 0 Å². The molecule has 0 bridgehead atoms. The monoisotopic (exact) mass is 390 g/mol. The van der Waals surface area contributed by atoms with Gasteiger partial charge in [0.1, 0.15) is 6.61 Å². The van der Waals surface area contributed by atoms with Crippen LogP contribution in [0.15, 0.2) is 65.7 Å². The third-order valence-corrected chi connectivity index (χ3v) is 6.01. The largest absolute Gasteiger partial charge is 0.485 e. The number of amides is 1. The number of hydrogen-bond donors (Lipinski definition) is 0. The van der Waals surface area contributed by atoms with E-state index in [1.807, 2.05) is 30.3 Å². The van der Waals surface area contributed by atoms with Crippen LogP contribution in [-0.4, -0.2) is 23.2 Å². The lowest BCUT2D eigenvalue weighted by molar-refractivity contribution is -0.127. The first-order valence-electron chi connectivity index (χ1n) is 9.23. The van der Waals surface area contributed by atoms with Crippen molar-refractivity contribution in [1.82, 2.24) is 4.57 Å². The maximum atomic E-state index is 12.8. The number of fused-ring (bicyclic) bond motifs is 4. The molecule has 0 N–H and O–H groups in total. The highest BCUT2D eigenvalue weighted by Gasteiger charge is 2.27. The number of carbonyl (C=O) groups excluding carboxylic acids is 1. The zero-order valence-corrected chi connectivity index (χ0v) is 16.1. The maximum Gasteiger partial charge on any atom is 0.292 e. The molecule has 28 heavy (non-hydrogen) atoms. The minimum absolute atomic E-state index is 0.166. The van der Waals surface area contributed by atoms with Crippen molar-refractivity contribution >= 4 is 38.2 Å². The topological polar surface area (TPSA) is 52.8 Å². The molecule has 0 aliphatic carbocycles. The Labute approximate surface area is 165 Å². The molecule has 2 heterocycles. The Morgan fingerprint density at radius 3 is 2.75 bits per heavy atom. The minimum Gasteiger partial charge on any atom is -0.485 e. The van der Waals surface area contributed by atoms with Crippen LogP contribution in [-0.2, 0) is 11.3 Å². The van der Waals surface area contributed by atoms with Crippen LogP contribution in [0.2, 0.25) is 0 Å². The number of aryl methyl sites for hydroxylation is 1.